The Balaban J connectivity index is 1.56. The smallest absolute Gasteiger partial charge is 0.248 e. The summed E-state index contributed by atoms with van der Waals surface area (Å²) in [6.07, 6.45) is 2.63. The van der Waals surface area contributed by atoms with Crippen LogP contribution in [0, 0.1) is 11.8 Å². The monoisotopic (exact) mass is 259 g/mol. The van der Waals surface area contributed by atoms with Crippen molar-refractivity contribution in [1.82, 2.24) is 4.90 Å². The van der Waals surface area contributed by atoms with Gasteiger partial charge in [-0.05, 0) is 31.6 Å². The fraction of sp³-hybridized carbons (Fsp3) is 0.923. The number of halogens is 2. The quantitative estimate of drug-likeness (QED) is 0.821. The SMILES string of the molecule is O=C(C1CCCC(F)(F)C1)N1CC(O)(C2CC2)C1. The topological polar surface area (TPSA) is 40.5 Å². The first-order valence-corrected chi connectivity index (χ1v) is 6.79. The molecule has 1 heterocycles. The van der Waals surface area contributed by atoms with Crippen molar-refractivity contribution >= 4 is 5.91 Å². The van der Waals surface area contributed by atoms with Crippen LogP contribution in [0.15, 0.2) is 0 Å². The third-order valence-electron chi connectivity index (χ3n) is 4.57. The normalized spacial score (nSPS) is 33.9. The van der Waals surface area contributed by atoms with Gasteiger partial charge in [0.15, 0.2) is 0 Å². The fourth-order valence-corrected chi connectivity index (χ4v) is 3.29. The van der Waals surface area contributed by atoms with Crippen LogP contribution in [0.25, 0.3) is 0 Å². The van der Waals surface area contributed by atoms with E-state index in [1.807, 2.05) is 0 Å². The molecule has 0 radical (unpaired) electrons. The summed E-state index contributed by atoms with van der Waals surface area (Å²) in [6.45, 7) is 0.692. The zero-order valence-electron chi connectivity index (χ0n) is 10.4. The highest BCUT2D eigenvalue weighted by Crippen LogP contribution is 2.45. The molecule has 102 valence electrons. The summed E-state index contributed by atoms with van der Waals surface area (Å²) >= 11 is 0. The van der Waals surface area contributed by atoms with Gasteiger partial charge in [0.25, 0.3) is 0 Å². The number of aliphatic hydroxyl groups is 1. The predicted molar refractivity (Wildman–Crippen MR) is 61.2 cm³/mol. The first-order valence-electron chi connectivity index (χ1n) is 6.79. The van der Waals surface area contributed by atoms with Crippen LogP contribution in [0.2, 0.25) is 0 Å². The summed E-state index contributed by atoms with van der Waals surface area (Å²) in [4.78, 5) is 13.6. The molecule has 1 atom stereocenters. The summed E-state index contributed by atoms with van der Waals surface area (Å²) in [5.74, 6) is -3.08. The van der Waals surface area contributed by atoms with Crippen molar-refractivity contribution in [3.05, 3.63) is 0 Å². The third-order valence-corrected chi connectivity index (χ3v) is 4.57. The molecule has 0 bridgehead atoms. The van der Waals surface area contributed by atoms with Crippen LogP contribution in [0.5, 0.6) is 0 Å². The molecule has 3 nitrogen and oxygen atoms in total. The van der Waals surface area contributed by atoms with E-state index >= 15 is 0 Å². The molecule has 1 saturated heterocycles. The van der Waals surface area contributed by atoms with Gasteiger partial charge in [0, 0.05) is 18.8 Å². The van der Waals surface area contributed by atoms with E-state index in [2.05, 4.69) is 0 Å². The molecule has 1 aliphatic heterocycles. The van der Waals surface area contributed by atoms with Gasteiger partial charge in [-0.2, -0.15) is 0 Å². The molecule has 1 amide bonds. The van der Waals surface area contributed by atoms with E-state index in [1.54, 1.807) is 4.90 Å². The second-order valence-corrected chi connectivity index (χ2v) is 6.22. The number of β-amino-alcohol motifs (C(OH)–C–C–N with tert-alkyl or cyclic N) is 1. The van der Waals surface area contributed by atoms with Crippen LogP contribution in [-0.4, -0.2) is 40.5 Å². The maximum atomic E-state index is 13.3. The molecule has 3 aliphatic rings. The van der Waals surface area contributed by atoms with E-state index < -0.39 is 17.4 Å². The average Bonchev–Trinajstić information content (AvgIpc) is 3.06. The van der Waals surface area contributed by atoms with Crippen LogP contribution >= 0.6 is 0 Å². The Morgan fingerprint density at radius 1 is 1.22 bits per heavy atom. The van der Waals surface area contributed by atoms with Crippen LogP contribution in [-0.2, 0) is 4.79 Å². The Morgan fingerprint density at radius 2 is 1.89 bits per heavy atom. The predicted octanol–water partition coefficient (Wildman–Crippen LogP) is 1.80. The van der Waals surface area contributed by atoms with Gasteiger partial charge in [0.1, 0.15) is 5.60 Å². The van der Waals surface area contributed by atoms with Crippen LogP contribution in [0.3, 0.4) is 0 Å². The van der Waals surface area contributed by atoms with Gasteiger partial charge in [0.05, 0.1) is 13.1 Å². The minimum Gasteiger partial charge on any atom is -0.386 e. The summed E-state index contributed by atoms with van der Waals surface area (Å²) in [5.41, 5.74) is -0.715. The molecule has 0 spiro atoms. The largest absolute Gasteiger partial charge is 0.386 e. The molecular formula is C13H19F2NO2. The lowest BCUT2D eigenvalue weighted by atomic mass is 9.82. The van der Waals surface area contributed by atoms with Crippen LogP contribution in [0.1, 0.15) is 38.5 Å². The van der Waals surface area contributed by atoms with Gasteiger partial charge in [-0.3, -0.25) is 4.79 Å². The van der Waals surface area contributed by atoms with E-state index in [-0.39, 0.29) is 18.7 Å². The molecule has 5 heteroatoms. The lowest BCUT2D eigenvalue weighted by Gasteiger charge is -2.48. The maximum absolute atomic E-state index is 13.3. The molecule has 2 aliphatic carbocycles. The van der Waals surface area contributed by atoms with Crippen molar-refractivity contribution in [2.75, 3.05) is 13.1 Å². The zero-order chi connectivity index (χ0) is 13.0. The second-order valence-electron chi connectivity index (χ2n) is 6.22. The standard InChI is InChI=1S/C13H19F2NO2/c14-13(15)5-1-2-9(6-13)11(17)16-7-12(18,8-16)10-3-4-10/h9-10,18H,1-8H2. The molecule has 0 aromatic carbocycles. The third kappa shape index (κ3) is 2.13. The maximum Gasteiger partial charge on any atom is 0.248 e. The Bertz CT molecular complexity index is 362. The lowest BCUT2D eigenvalue weighted by Crippen LogP contribution is -2.65. The summed E-state index contributed by atoms with van der Waals surface area (Å²) in [5, 5.41) is 10.1. The number of likely N-dealkylation sites (tertiary alicyclic amines) is 1. The number of hydrogen-bond donors (Lipinski definition) is 1. The summed E-state index contributed by atoms with van der Waals surface area (Å²) in [6, 6.07) is 0. The number of alkyl halides is 2. The van der Waals surface area contributed by atoms with Crippen molar-refractivity contribution in [1.29, 1.82) is 0 Å². The van der Waals surface area contributed by atoms with Crippen molar-refractivity contribution in [2.45, 2.75) is 50.0 Å². The number of carbonyl (C=O) groups excluding carboxylic acids is 1. The minimum atomic E-state index is -2.68. The number of carbonyl (C=O) groups is 1. The van der Waals surface area contributed by atoms with E-state index in [0.29, 0.717) is 31.8 Å². The van der Waals surface area contributed by atoms with Gasteiger partial charge >= 0.3 is 0 Å². The lowest BCUT2D eigenvalue weighted by molar-refractivity contribution is -0.168. The molecule has 3 fully saturated rings. The number of hydrogen-bond acceptors (Lipinski definition) is 2. The Hall–Kier alpha value is -0.710. The zero-order valence-corrected chi connectivity index (χ0v) is 10.4. The molecule has 3 rings (SSSR count). The van der Waals surface area contributed by atoms with E-state index in [0.717, 1.165) is 12.8 Å². The molecule has 1 N–H and O–H groups in total. The Morgan fingerprint density at radius 3 is 2.44 bits per heavy atom. The van der Waals surface area contributed by atoms with Gasteiger partial charge < -0.3 is 10.0 Å². The van der Waals surface area contributed by atoms with Crippen LogP contribution in [0.4, 0.5) is 8.78 Å². The van der Waals surface area contributed by atoms with E-state index in [9.17, 15) is 18.7 Å². The van der Waals surface area contributed by atoms with Crippen molar-refractivity contribution in [2.24, 2.45) is 11.8 Å². The molecule has 0 aromatic heterocycles. The molecule has 2 saturated carbocycles. The summed E-state index contributed by atoms with van der Waals surface area (Å²) < 4.78 is 26.5. The first kappa shape index (κ1) is 12.3. The number of nitrogens with zero attached hydrogens (tertiary/aromatic N) is 1. The molecule has 0 aromatic rings. The van der Waals surface area contributed by atoms with Crippen LogP contribution < -0.4 is 0 Å². The minimum absolute atomic E-state index is 0.0945. The highest BCUT2D eigenvalue weighted by Gasteiger charge is 2.54. The average molecular weight is 259 g/mol. The number of amides is 1. The first-order chi connectivity index (χ1) is 8.40. The van der Waals surface area contributed by atoms with E-state index in [1.165, 1.54) is 0 Å². The van der Waals surface area contributed by atoms with Crippen molar-refractivity contribution < 1.29 is 18.7 Å². The Labute approximate surface area is 105 Å². The van der Waals surface area contributed by atoms with Gasteiger partial charge in [0.2, 0.25) is 11.8 Å². The number of rotatable bonds is 2. The summed E-state index contributed by atoms with van der Waals surface area (Å²) in [7, 11) is 0. The highest BCUT2D eigenvalue weighted by atomic mass is 19.3. The van der Waals surface area contributed by atoms with Gasteiger partial charge in [-0.15, -0.1) is 0 Å². The van der Waals surface area contributed by atoms with Gasteiger partial charge in [-0.25, -0.2) is 8.78 Å². The van der Waals surface area contributed by atoms with Crippen molar-refractivity contribution in [3.63, 3.8) is 0 Å². The van der Waals surface area contributed by atoms with E-state index in [4.69, 9.17) is 0 Å². The van der Waals surface area contributed by atoms with Gasteiger partial charge in [-0.1, -0.05) is 0 Å². The fourth-order valence-electron chi connectivity index (χ4n) is 3.29. The molecule has 1 unspecified atom stereocenters. The Kier molecular flexibility index (Phi) is 2.66. The second kappa shape index (κ2) is 3.89. The molecular weight excluding hydrogens is 240 g/mol. The van der Waals surface area contributed by atoms with Crippen molar-refractivity contribution in [3.8, 4) is 0 Å². The molecule has 18 heavy (non-hydrogen) atoms. The highest BCUT2D eigenvalue weighted by molar-refractivity contribution is 5.80.